The van der Waals surface area contributed by atoms with E-state index in [4.69, 9.17) is 16.3 Å². The van der Waals surface area contributed by atoms with Crippen LogP contribution in [0.5, 0.6) is 5.75 Å². The Morgan fingerprint density at radius 2 is 1.76 bits per heavy atom. The molecule has 3 aromatic carbocycles. The third-order valence-electron chi connectivity index (χ3n) is 4.18. The highest BCUT2D eigenvalue weighted by Gasteiger charge is 2.18. The number of hydrogen-bond donors (Lipinski definition) is 1. The largest absolute Gasteiger partial charge is 0.495 e. The molecule has 1 amide bonds. The summed E-state index contributed by atoms with van der Waals surface area (Å²) in [4.78, 5) is 23.7. The van der Waals surface area contributed by atoms with Crippen LogP contribution in [0, 0.1) is 10.1 Å². The minimum Gasteiger partial charge on any atom is -0.495 e. The van der Waals surface area contributed by atoms with Gasteiger partial charge in [0.2, 0.25) is 0 Å². The SMILES string of the molecule is COc1ccc([N+](=O)[O-])cc1NC(=O)/C(=C/c1ccccc1Cl)c1ccccc1. The predicted molar refractivity (Wildman–Crippen MR) is 114 cm³/mol. The van der Waals surface area contributed by atoms with E-state index in [0.29, 0.717) is 27.5 Å². The number of rotatable bonds is 6. The van der Waals surface area contributed by atoms with Crippen LogP contribution in [0.25, 0.3) is 11.6 Å². The number of benzene rings is 3. The van der Waals surface area contributed by atoms with E-state index in [0.717, 1.165) is 0 Å². The summed E-state index contributed by atoms with van der Waals surface area (Å²) >= 11 is 6.25. The first-order valence-corrected chi connectivity index (χ1v) is 9.03. The second kappa shape index (κ2) is 9.03. The van der Waals surface area contributed by atoms with E-state index in [1.54, 1.807) is 36.4 Å². The molecule has 0 spiro atoms. The van der Waals surface area contributed by atoms with Gasteiger partial charge in [-0.1, -0.05) is 60.1 Å². The van der Waals surface area contributed by atoms with Crippen molar-refractivity contribution in [2.24, 2.45) is 0 Å². The van der Waals surface area contributed by atoms with Gasteiger partial charge in [0.05, 0.1) is 17.7 Å². The van der Waals surface area contributed by atoms with Crippen molar-refractivity contribution in [3.05, 3.63) is 99.1 Å². The smallest absolute Gasteiger partial charge is 0.271 e. The Bertz CT molecular complexity index is 1080. The number of nitrogens with zero attached hydrogens (tertiary/aromatic N) is 1. The molecule has 0 unspecified atom stereocenters. The number of anilines is 1. The Morgan fingerprint density at radius 3 is 2.41 bits per heavy atom. The molecule has 0 aliphatic carbocycles. The van der Waals surface area contributed by atoms with E-state index in [9.17, 15) is 14.9 Å². The van der Waals surface area contributed by atoms with Crippen LogP contribution >= 0.6 is 11.6 Å². The van der Waals surface area contributed by atoms with E-state index < -0.39 is 10.8 Å². The lowest BCUT2D eigenvalue weighted by Gasteiger charge is -2.13. The van der Waals surface area contributed by atoms with Crippen LogP contribution in [0.1, 0.15) is 11.1 Å². The zero-order valence-electron chi connectivity index (χ0n) is 15.5. The zero-order chi connectivity index (χ0) is 20.8. The summed E-state index contributed by atoms with van der Waals surface area (Å²) in [7, 11) is 1.43. The number of halogens is 1. The summed E-state index contributed by atoms with van der Waals surface area (Å²) in [5.74, 6) is -0.135. The number of nitrogens with one attached hydrogen (secondary N) is 1. The molecule has 0 saturated carbocycles. The van der Waals surface area contributed by atoms with Crippen molar-refractivity contribution in [2.45, 2.75) is 0 Å². The van der Waals surface area contributed by atoms with Crippen molar-refractivity contribution >= 4 is 40.5 Å². The molecule has 0 heterocycles. The van der Waals surface area contributed by atoms with Gasteiger partial charge in [-0.15, -0.1) is 0 Å². The fourth-order valence-corrected chi connectivity index (χ4v) is 2.93. The maximum Gasteiger partial charge on any atom is 0.271 e. The number of non-ortho nitro benzene ring substituents is 1. The molecule has 6 nitrogen and oxygen atoms in total. The van der Waals surface area contributed by atoms with Gasteiger partial charge >= 0.3 is 0 Å². The molecule has 1 N–H and O–H groups in total. The second-order valence-corrected chi connectivity index (χ2v) is 6.45. The first-order chi connectivity index (χ1) is 14.0. The number of methoxy groups -OCH3 is 1. The summed E-state index contributed by atoms with van der Waals surface area (Å²) in [6.07, 6.45) is 1.68. The molecular weight excluding hydrogens is 392 g/mol. The summed E-state index contributed by atoms with van der Waals surface area (Å²) < 4.78 is 5.23. The molecule has 0 aliphatic heterocycles. The molecule has 0 bridgehead atoms. The lowest BCUT2D eigenvalue weighted by atomic mass is 10.0. The van der Waals surface area contributed by atoms with Gasteiger partial charge in [0, 0.05) is 22.7 Å². The number of amides is 1. The van der Waals surface area contributed by atoms with Gasteiger partial charge < -0.3 is 10.1 Å². The molecule has 0 radical (unpaired) electrons. The molecule has 0 saturated heterocycles. The molecule has 3 aromatic rings. The van der Waals surface area contributed by atoms with Gasteiger partial charge in [-0.3, -0.25) is 14.9 Å². The quantitative estimate of drug-likeness (QED) is 0.255. The zero-order valence-corrected chi connectivity index (χ0v) is 16.2. The predicted octanol–water partition coefficient (Wildman–Crippen LogP) is 5.44. The Kier molecular flexibility index (Phi) is 6.26. The van der Waals surface area contributed by atoms with Crippen LogP contribution in [0.4, 0.5) is 11.4 Å². The van der Waals surface area contributed by atoms with Crippen LogP contribution in [0.2, 0.25) is 5.02 Å². The average Bonchev–Trinajstić information content (AvgIpc) is 2.73. The number of carbonyl (C=O) groups excluding carboxylic acids is 1. The molecule has 0 fully saturated rings. The molecule has 0 aliphatic rings. The Morgan fingerprint density at radius 1 is 1.07 bits per heavy atom. The lowest BCUT2D eigenvalue weighted by molar-refractivity contribution is -0.384. The Hall–Kier alpha value is -3.64. The van der Waals surface area contributed by atoms with Crippen molar-refractivity contribution in [3.63, 3.8) is 0 Å². The number of nitro groups is 1. The van der Waals surface area contributed by atoms with Crippen LogP contribution in [-0.4, -0.2) is 17.9 Å². The van der Waals surface area contributed by atoms with Crippen LogP contribution in [0.3, 0.4) is 0 Å². The maximum atomic E-state index is 13.1. The lowest BCUT2D eigenvalue weighted by Crippen LogP contribution is -2.14. The van der Waals surface area contributed by atoms with E-state index in [-0.39, 0.29) is 11.4 Å². The highest BCUT2D eigenvalue weighted by atomic mass is 35.5. The number of ether oxygens (including phenoxy) is 1. The topological polar surface area (TPSA) is 81.5 Å². The highest BCUT2D eigenvalue weighted by Crippen LogP contribution is 2.31. The molecule has 7 heteroatoms. The van der Waals surface area contributed by atoms with Crippen molar-refractivity contribution in [1.82, 2.24) is 0 Å². The fraction of sp³-hybridized carbons (Fsp3) is 0.0455. The van der Waals surface area contributed by atoms with Crippen molar-refractivity contribution in [3.8, 4) is 5.75 Å². The Balaban J connectivity index is 2.04. The van der Waals surface area contributed by atoms with Gasteiger partial charge in [-0.25, -0.2) is 0 Å². The molecule has 3 rings (SSSR count). The Labute approximate surface area is 172 Å². The third-order valence-corrected chi connectivity index (χ3v) is 4.52. The third kappa shape index (κ3) is 4.80. The van der Waals surface area contributed by atoms with E-state index >= 15 is 0 Å². The normalized spacial score (nSPS) is 11.0. The summed E-state index contributed by atoms with van der Waals surface area (Å²) in [6.45, 7) is 0. The van der Waals surface area contributed by atoms with Crippen LogP contribution < -0.4 is 10.1 Å². The average molecular weight is 409 g/mol. The standard InChI is InChI=1S/C22H17ClN2O4/c1-29-21-12-11-17(25(27)28)14-20(21)24-22(26)18(15-7-3-2-4-8-15)13-16-9-5-6-10-19(16)23/h2-14H,1H3,(H,24,26)/b18-13+. The van der Waals surface area contributed by atoms with Gasteiger partial charge in [0.1, 0.15) is 5.75 Å². The van der Waals surface area contributed by atoms with Gasteiger partial charge in [0.15, 0.2) is 0 Å². The minimum absolute atomic E-state index is 0.155. The van der Waals surface area contributed by atoms with Crippen LogP contribution in [-0.2, 0) is 4.79 Å². The van der Waals surface area contributed by atoms with E-state index in [1.165, 1.54) is 25.3 Å². The summed E-state index contributed by atoms with van der Waals surface area (Å²) in [5.41, 5.74) is 1.75. The number of nitro benzene ring substituents is 1. The van der Waals surface area contributed by atoms with Gasteiger partial charge in [-0.05, 0) is 29.3 Å². The highest BCUT2D eigenvalue weighted by molar-refractivity contribution is 6.34. The minimum atomic E-state index is -0.535. The summed E-state index contributed by atoms with van der Waals surface area (Å²) in [5, 5.41) is 14.3. The monoisotopic (exact) mass is 408 g/mol. The molecule has 0 atom stereocenters. The van der Waals surface area contributed by atoms with Gasteiger partial charge in [-0.2, -0.15) is 0 Å². The summed E-state index contributed by atoms with van der Waals surface area (Å²) in [6, 6.07) is 20.2. The number of hydrogen-bond acceptors (Lipinski definition) is 4. The van der Waals surface area contributed by atoms with Crippen LogP contribution in [0.15, 0.2) is 72.8 Å². The van der Waals surface area contributed by atoms with Crippen molar-refractivity contribution in [2.75, 3.05) is 12.4 Å². The second-order valence-electron chi connectivity index (χ2n) is 6.04. The van der Waals surface area contributed by atoms with Crippen molar-refractivity contribution < 1.29 is 14.5 Å². The van der Waals surface area contributed by atoms with Gasteiger partial charge in [0.25, 0.3) is 11.6 Å². The van der Waals surface area contributed by atoms with E-state index in [1.807, 2.05) is 24.3 Å². The first-order valence-electron chi connectivity index (χ1n) is 8.65. The molecule has 0 aromatic heterocycles. The van der Waals surface area contributed by atoms with E-state index in [2.05, 4.69) is 5.32 Å². The number of carbonyl (C=O) groups is 1. The molecular formula is C22H17ClN2O4. The molecule has 146 valence electrons. The fourth-order valence-electron chi connectivity index (χ4n) is 2.74. The van der Waals surface area contributed by atoms with Crippen molar-refractivity contribution in [1.29, 1.82) is 0 Å². The molecule has 29 heavy (non-hydrogen) atoms. The first kappa shape index (κ1) is 20.1. The maximum absolute atomic E-state index is 13.1.